The smallest absolute Gasteiger partial charge is 0.278 e. The molecule has 1 aromatic carbocycles. The highest BCUT2D eigenvalue weighted by Gasteiger charge is 2.35. The van der Waals surface area contributed by atoms with Crippen LogP contribution in [0.4, 0.5) is 5.69 Å². The van der Waals surface area contributed by atoms with Crippen molar-refractivity contribution in [2.45, 2.75) is 56.1 Å². The second-order valence-corrected chi connectivity index (χ2v) is 10.6. The molecule has 0 atom stereocenters. The number of benzene rings is 1. The predicted octanol–water partition coefficient (Wildman–Crippen LogP) is 3.53. The van der Waals surface area contributed by atoms with Crippen LogP contribution in [0.25, 0.3) is 0 Å². The summed E-state index contributed by atoms with van der Waals surface area (Å²) >= 11 is 0. The lowest BCUT2D eigenvalue weighted by molar-refractivity contribution is 0.0988. The summed E-state index contributed by atoms with van der Waals surface area (Å²) in [6, 6.07) is 11.3. The Kier molecular flexibility index (Phi) is 6.24. The quantitative estimate of drug-likeness (QED) is 0.786. The Hall–Kier alpha value is -2.19. The molecule has 1 saturated carbocycles. The maximum Gasteiger partial charge on any atom is 0.278 e. The van der Waals surface area contributed by atoms with E-state index in [0.29, 0.717) is 18.8 Å². The number of nitrogens with zero attached hydrogens (tertiary/aromatic N) is 3. The molecule has 0 bridgehead atoms. The lowest BCUT2D eigenvalue weighted by Gasteiger charge is -2.34. The van der Waals surface area contributed by atoms with Gasteiger partial charge in [-0.05, 0) is 43.9 Å². The molecule has 7 nitrogen and oxygen atoms in total. The zero-order valence-electron chi connectivity index (χ0n) is 17.5. The van der Waals surface area contributed by atoms with Gasteiger partial charge in [0.05, 0.1) is 5.25 Å². The maximum absolute atomic E-state index is 12.9. The largest absolute Gasteiger partial charge is 0.310 e. The molecule has 1 saturated heterocycles. The normalized spacial score (nSPS) is 19.6. The Labute approximate surface area is 178 Å². The van der Waals surface area contributed by atoms with Crippen LogP contribution >= 0.6 is 0 Å². The molecule has 1 amide bonds. The summed E-state index contributed by atoms with van der Waals surface area (Å²) in [7, 11) is -1.46. The van der Waals surface area contributed by atoms with Gasteiger partial charge < -0.3 is 4.90 Å². The number of piperidine rings is 1. The number of amides is 1. The van der Waals surface area contributed by atoms with Crippen LogP contribution in [0.3, 0.4) is 0 Å². The zero-order chi connectivity index (χ0) is 21.1. The number of aromatic nitrogens is 2. The third-order valence-corrected chi connectivity index (χ3v) is 8.89. The third kappa shape index (κ3) is 4.30. The van der Waals surface area contributed by atoms with Crippen LogP contribution in [0, 0.1) is 0 Å². The van der Waals surface area contributed by atoms with Crippen molar-refractivity contribution in [3.63, 3.8) is 0 Å². The van der Waals surface area contributed by atoms with Gasteiger partial charge in [-0.25, -0.2) is 12.7 Å². The molecular formula is C22H30N4O3S. The molecular weight excluding hydrogens is 400 g/mol. The number of aromatic amines is 1. The average Bonchev–Trinajstić information content (AvgIpc) is 3.30. The molecule has 2 aromatic rings. The summed E-state index contributed by atoms with van der Waals surface area (Å²) in [5.41, 5.74) is 2.11. The molecule has 0 radical (unpaired) electrons. The summed E-state index contributed by atoms with van der Waals surface area (Å²) in [5.74, 6) is 0.0277. The Morgan fingerprint density at radius 3 is 2.40 bits per heavy atom. The monoisotopic (exact) mass is 430 g/mol. The fraction of sp³-hybridized carbons (Fsp3) is 0.545. The molecule has 0 spiro atoms. The fourth-order valence-electron chi connectivity index (χ4n) is 4.59. The third-order valence-electron chi connectivity index (χ3n) is 6.49. The summed E-state index contributed by atoms with van der Waals surface area (Å²) in [6.45, 7) is 1.07. The summed E-state index contributed by atoms with van der Waals surface area (Å²) < 4.78 is 27.6. The Morgan fingerprint density at radius 2 is 1.73 bits per heavy atom. The van der Waals surface area contributed by atoms with Gasteiger partial charge in [-0.15, -0.1) is 0 Å². The first-order chi connectivity index (χ1) is 14.5. The van der Waals surface area contributed by atoms with E-state index < -0.39 is 10.0 Å². The number of carbonyl (C=O) groups excluding carboxylic acids is 1. The highest BCUT2D eigenvalue weighted by Crippen LogP contribution is 2.32. The Morgan fingerprint density at radius 1 is 1.07 bits per heavy atom. The lowest BCUT2D eigenvalue weighted by Crippen LogP contribution is -2.43. The van der Waals surface area contributed by atoms with E-state index in [0.717, 1.165) is 56.3 Å². The minimum Gasteiger partial charge on any atom is -0.310 e. The molecule has 2 aliphatic rings. The van der Waals surface area contributed by atoms with E-state index in [4.69, 9.17) is 0 Å². The van der Waals surface area contributed by atoms with Gasteiger partial charge in [0.1, 0.15) is 0 Å². The van der Waals surface area contributed by atoms with Gasteiger partial charge in [0.2, 0.25) is 10.0 Å². The van der Waals surface area contributed by atoms with Crippen molar-refractivity contribution in [1.82, 2.24) is 14.5 Å². The second kappa shape index (κ2) is 8.89. The number of nitrogens with one attached hydrogen (secondary N) is 1. The van der Waals surface area contributed by atoms with Gasteiger partial charge in [-0.2, -0.15) is 5.10 Å². The molecule has 1 N–H and O–H groups in total. The van der Waals surface area contributed by atoms with Gasteiger partial charge in [-0.1, -0.05) is 37.5 Å². The topological polar surface area (TPSA) is 86.4 Å². The van der Waals surface area contributed by atoms with Crippen molar-refractivity contribution in [2.75, 3.05) is 25.0 Å². The number of hydrogen-bond donors (Lipinski definition) is 1. The lowest BCUT2D eigenvalue weighted by atomic mass is 9.94. The van der Waals surface area contributed by atoms with E-state index in [1.807, 2.05) is 36.4 Å². The number of anilines is 1. The van der Waals surface area contributed by atoms with Crippen LogP contribution in [0.5, 0.6) is 0 Å². The first-order valence-corrected chi connectivity index (χ1v) is 12.3. The van der Waals surface area contributed by atoms with Gasteiger partial charge >= 0.3 is 0 Å². The van der Waals surface area contributed by atoms with Crippen LogP contribution < -0.4 is 4.90 Å². The van der Waals surface area contributed by atoms with Gasteiger partial charge in [0.25, 0.3) is 5.91 Å². The van der Waals surface area contributed by atoms with Crippen molar-refractivity contribution in [3.8, 4) is 0 Å². The maximum atomic E-state index is 12.9. The van der Waals surface area contributed by atoms with Crippen LogP contribution in [0.2, 0.25) is 0 Å². The van der Waals surface area contributed by atoms with E-state index >= 15 is 0 Å². The van der Waals surface area contributed by atoms with Gasteiger partial charge in [-0.3, -0.25) is 9.89 Å². The highest BCUT2D eigenvalue weighted by molar-refractivity contribution is 7.89. The number of hydrogen-bond acceptors (Lipinski definition) is 4. The second-order valence-electron chi connectivity index (χ2n) is 8.39. The minimum absolute atomic E-state index is 0.166. The van der Waals surface area contributed by atoms with Crippen LogP contribution in [-0.4, -0.2) is 54.2 Å². The molecule has 2 heterocycles. The minimum atomic E-state index is -3.19. The fourth-order valence-corrected chi connectivity index (χ4v) is 6.66. The number of para-hydroxylation sites is 1. The van der Waals surface area contributed by atoms with Gasteiger partial charge in [0.15, 0.2) is 5.69 Å². The molecule has 8 heteroatoms. The van der Waals surface area contributed by atoms with Crippen molar-refractivity contribution in [2.24, 2.45) is 0 Å². The molecule has 162 valence electrons. The van der Waals surface area contributed by atoms with E-state index in [2.05, 4.69) is 10.2 Å². The number of H-pyrrole nitrogens is 1. The van der Waals surface area contributed by atoms with Crippen molar-refractivity contribution in [3.05, 3.63) is 47.8 Å². The average molecular weight is 431 g/mol. The molecule has 1 aromatic heterocycles. The Bertz CT molecular complexity index is 959. The number of carbonyl (C=O) groups is 1. The van der Waals surface area contributed by atoms with Gasteiger partial charge in [0, 0.05) is 37.4 Å². The van der Waals surface area contributed by atoms with E-state index in [1.165, 1.54) is 0 Å². The summed E-state index contributed by atoms with van der Waals surface area (Å²) in [5, 5.41) is 7.04. The SMILES string of the molecule is CN(C(=O)c1cc(C2CCN(S(=O)(=O)C3CCCCC3)CC2)[nH]n1)c1ccccc1. The van der Waals surface area contributed by atoms with Crippen molar-refractivity contribution >= 4 is 21.6 Å². The summed E-state index contributed by atoms with van der Waals surface area (Å²) in [6.07, 6.45) is 6.26. The van der Waals surface area contributed by atoms with Crippen LogP contribution in [0.1, 0.15) is 67.0 Å². The standard InChI is InChI=1S/C22H30N4O3S/c1-25(18-8-4-2-5-9-18)22(27)21-16-20(23-24-21)17-12-14-26(15-13-17)30(28,29)19-10-6-3-7-11-19/h2,4-5,8-9,16-17,19H,3,6-7,10-15H2,1H3,(H,23,24). The van der Waals surface area contributed by atoms with E-state index in [1.54, 1.807) is 16.3 Å². The van der Waals surface area contributed by atoms with Crippen molar-refractivity contribution < 1.29 is 13.2 Å². The number of sulfonamides is 1. The van der Waals surface area contributed by atoms with E-state index in [9.17, 15) is 13.2 Å². The molecule has 2 fully saturated rings. The summed E-state index contributed by atoms with van der Waals surface area (Å²) in [4.78, 5) is 14.3. The van der Waals surface area contributed by atoms with Crippen LogP contribution in [0.15, 0.2) is 36.4 Å². The first kappa shape index (κ1) is 21.1. The zero-order valence-corrected chi connectivity index (χ0v) is 18.3. The highest BCUT2D eigenvalue weighted by atomic mass is 32.2. The Balaban J connectivity index is 1.38. The predicted molar refractivity (Wildman–Crippen MR) is 117 cm³/mol. The molecule has 1 aliphatic carbocycles. The molecule has 4 rings (SSSR count). The first-order valence-electron chi connectivity index (χ1n) is 10.8. The molecule has 30 heavy (non-hydrogen) atoms. The number of rotatable bonds is 5. The van der Waals surface area contributed by atoms with Crippen LogP contribution in [-0.2, 0) is 10.0 Å². The van der Waals surface area contributed by atoms with E-state index in [-0.39, 0.29) is 17.1 Å². The van der Waals surface area contributed by atoms with Crippen molar-refractivity contribution in [1.29, 1.82) is 0 Å². The molecule has 1 aliphatic heterocycles. The molecule has 0 unspecified atom stereocenters.